The second kappa shape index (κ2) is 18.8. The number of esters is 2. The quantitative estimate of drug-likeness (QED) is 0.162. The van der Waals surface area contributed by atoms with Crippen molar-refractivity contribution < 1.29 is 42.1 Å². The molecule has 0 bridgehead atoms. The molecule has 2 aromatic heterocycles. The third-order valence-electron chi connectivity index (χ3n) is 13.5. The molecule has 1 amide bonds. The molecule has 5 aliphatic heterocycles. The largest absolute Gasteiger partial charge is 0.458 e. The Kier molecular flexibility index (Phi) is 13.3. The van der Waals surface area contributed by atoms with Gasteiger partial charge in [-0.1, -0.05) is 62.7 Å². The number of sulfone groups is 1. The van der Waals surface area contributed by atoms with E-state index in [4.69, 9.17) is 19.2 Å². The topological polar surface area (TPSA) is 175 Å². The number of aryl methyl sites for hydroxylation is 1. The van der Waals surface area contributed by atoms with E-state index < -0.39 is 21.4 Å². The summed E-state index contributed by atoms with van der Waals surface area (Å²) in [7, 11) is -3.23. The van der Waals surface area contributed by atoms with E-state index in [1.807, 2.05) is 47.4 Å². The number of hydrogen-bond donors (Lipinski definition) is 1. The molecule has 10 rings (SSSR count). The molecule has 3 aromatic carbocycles. The predicted molar refractivity (Wildman–Crippen MR) is 251 cm³/mol. The Hall–Kier alpha value is -5.87. The monoisotopic (exact) mass is 936 g/mol. The van der Waals surface area contributed by atoms with Crippen LogP contribution in [-0.2, 0) is 54.1 Å². The Morgan fingerprint density at radius 1 is 0.864 bits per heavy atom. The van der Waals surface area contributed by atoms with Crippen LogP contribution >= 0.6 is 12.4 Å². The minimum Gasteiger partial charge on any atom is -0.458 e. The van der Waals surface area contributed by atoms with E-state index in [0.717, 1.165) is 51.6 Å². The van der Waals surface area contributed by atoms with Gasteiger partial charge in [0, 0.05) is 47.5 Å². The van der Waals surface area contributed by atoms with E-state index in [2.05, 4.69) is 11.8 Å². The van der Waals surface area contributed by atoms with Gasteiger partial charge in [0.05, 0.1) is 39.5 Å². The summed E-state index contributed by atoms with van der Waals surface area (Å²) in [5.41, 5.74) is 5.28. The van der Waals surface area contributed by atoms with E-state index >= 15 is 0 Å². The molecule has 2 saturated heterocycles. The number of pyridine rings is 2. The van der Waals surface area contributed by atoms with Gasteiger partial charge in [-0.25, -0.2) is 27.8 Å². The van der Waals surface area contributed by atoms with Crippen LogP contribution in [-0.4, -0.2) is 96.0 Å². The number of rotatable bonds is 7. The molecule has 0 spiro atoms. The molecule has 16 heteroatoms. The Balaban J connectivity index is 0.000000217. The number of likely N-dealkylation sites (tertiary alicyclic amines) is 2. The molecule has 0 saturated carbocycles. The predicted octanol–water partition coefficient (Wildman–Crippen LogP) is 7.07. The van der Waals surface area contributed by atoms with E-state index in [1.165, 1.54) is 38.6 Å². The van der Waals surface area contributed by atoms with E-state index in [9.17, 15) is 32.7 Å². The fourth-order valence-electron chi connectivity index (χ4n) is 9.90. The van der Waals surface area contributed by atoms with Crippen LogP contribution < -0.4 is 10.3 Å². The minimum absolute atomic E-state index is 0. The maximum Gasteiger partial charge on any atom is 0.415 e. The number of fused-ring (bicyclic) bond motifs is 5. The van der Waals surface area contributed by atoms with Crippen molar-refractivity contribution in [1.82, 2.24) is 19.4 Å². The highest BCUT2D eigenvalue weighted by atomic mass is 35.5. The van der Waals surface area contributed by atoms with Gasteiger partial charge in [0.25, 0.3) is 5.56 Å². The van der Waals surface area contributed by atoms with Crippen LogP contribution in [0.1, 0.15) is 85.8 Å². The van der Waals surface area contributed by atoms with Crippen molar-refractivity contribution in [1.29, 1.82) is 0 Å². The lowest BCUT2D eigenvalue weighted by molar-refractivity contribution is -0.172. The Bertz CT molecular complexity index is 2920. The minimum atomic E-state index is -3.23. The van der Waals surface area contributed by atoms with Crippen LogP contribution in [0.4, 0.5) is 4.79 Å². The number of nitrogens with zero attached hydrogens (tertiary/aromatic N) is 4. The molecule has 2 fully saturated rings. The average molecular weight is 938 g/mol. The van der Waals surface area contributed by atoms with Gasteiger partial charge in [-0.3, -0.25) is 4.79 Å². The van der Waals surface area contributed by atoms with Crippen LogP contribution in [0.2, 0.25) is 0 Å². The van der Waals surface area contributed by atoms with Crippen LogP contribution in [0.15, 0.2) is 88.6 Å². The van der Waals surface area contributed by atoms with Gasteiger partial charge in [0.2, 0.25) is 0 Å². The highest BCUT2D eigenvalue weighted by Crippen LogP contribution is 2.41. The van der Waals surface area contributed by atoms with Crippen molar-refractivity contribution in [2.24, 2.45) is 0 Å². The number of halogens is 1. The number of carbonyl (C=O) groups excluding carboxylic acids is 3. The zero-order valence-corrected chi connectivity index (χ0v) is 38.8. The molecular weight excluding hydrogens is 884 g/mol. The van der Waals surface area contributed by atoms with Crippen molar-refractivity contribution in [3.63, 3.8) is 0 Å². The molecule has 5 aromatic rings. The lowest BCUT2D eigenvalue weighted by Crippen LogP contribution is -2.48. The summed E-state index contributed by atoms with van der Waals surface area (Å²) in [5, 5.41) is 12.0. The normalized spacial score (nSPS) is 19.5. The van der Waals surface area contributed by atoms with E-state index in [1.54, 1.807) is 47.9 Å². The molecule has 5 aliphatic rings. The van der Waals surface area contributed by atoms with Gasteiger partial charge in [-0.2, -0.15) is 0 Å². The van der Waals surface area contributed by atoms with Gasteiger partial charge in [0.15, 0.2) is 15.4 Å². The lowest BCUT2D eigenvalue weighted by atomic mass is 9.86. The van der Waals surface area contributed by atoms with Crippen LogP contribution in [0.25, 0.3) is 33.4 Å². The summed E-state index contributed by atoms with van der Waals surface area (Å²) < 4.78 is 40.9. The highest BCUT2D eigenvalue weighted by Gasteiger charge is 2.45. The summed E-state index contributed by atoms with van der Waals surface area (Å²) in [6.45, 7) is 7.84. The first-order valence-corrected chi connectivity index (χ1v) is 24.3. The number of piperidine rings is 2. The number of cyclic esters (lactones) is 2. The van der Waals surface area contributed by atoms with Crippen LogP contribution in [0.5, 0.6) is 5.75 Å². The number of carbonyl (C=O) groups is 3. The third kappa shape index (κ3) is 8.65. The van der Waals surface area contributed by atoms with Crippen molar-refractivity contribution in [2.45, 2.75) is 88.5 Å². The number of hydrogen-bond acceptors (Lipinski definition) is 12. The molecule has 14 nitrogen and oxygen atoms in total. The van der Waals surface area contributed by atoms with Crippen LogP contribution in [0.3, 0.4) is 0 Å². The van der Waals surface area contributed by atoms with Crippen molar-refractivity contribution in [3.05, 3.63) is 123 Å². The van der Waals surface area contributed by atoms with E-state index in [0.29, 0.717) is 65.9 Å². The van der Waals surface area contributed by atoms with Gasteiger partial charge < -0.3 is 33.7 Å². The second-order valence-corrected chi connectivity index (χ2v) is 19.3. The number of benzene rings is 3. The van der Waals surface area contributed by atoms with Crippen molar-refractivity contribution in [2.75, 3.05) is 39.0 Å². The fraction of sp³-hybridized carbons (Fsp3) is 0.380. The molecule has 346 valence electrons. The summed E-state index contributed by atoms with van der Waals surface area (Å²) in [5.74, 6) is -0.619. The van der Waals surface area contributed by atoms with Crippen molar-refractivity contribution in [3.8, 4) is 17.1 Å². The first-order chi connectivity index (χ1) is 31.3. The molecular formula is C50H53ClN4O10S. The number of ether oxygens (including phenoxy) is 3. The first kappa shape index (κ1) is 46.7. The maximum atomic E-state index is 13.6. The number of amides is 1. The van der Waals surface area contributed by atoms with Gasteiger partial charge in [-0.15, -0.1) is 12.4 Å². The Morgan fingerprint density at radius 2 is 1.58 bits per heavy atom. The number of aliphatic hydroxyl groups is 1. The highest BCUT2D eigenvalue weighted by molar-refractivity contribution is 7.90. The van der Waals surface area contributed by atoms with Gasteiger partial charge >= 0.3 is 18.0 Å². The van der Waals surface area contributed by atoms with E-state index in [-0.39, 0.29) is 54.6 Å². The lowest BCUT2D eigenvalue weighted by Gasteiger charge is -2.39. The smallest absolute Gasteiger partial charge is 0.415 e. The molecule has 66 heavy (non-hydrogen) atoms. The fourth-order valence-corrected chi connectivity index (χ4v) is 10.5. The summed E-state index contributed by atoms with van der Waals surface area (Å²) in [4.78, 5) is 60.8. The zero-order valence-electron chi connectivity index (χ0n) is 37.2. The number of aromatic nitrogens is 2. The molecule has 7 heterocycles. The second-order valence-electron chi connectivity index (χ2n) is 17.3. The third-order valence-corrected chi connectivity index (χ3v) is 14.6. The SMILES string of the molecule is CCc1c2c(nc3ccc(OC(=O)N4CCC(N5CCCCC5)CC4)cc13)-c1cc3c(c(=O)n1C2)COC(=O)[C@]3(O)CC.CS(=O)(=O)c1ccc(C2=C(c3ccccc3)C(=O)OC2)cc1.Cl. The van der Waals surface area contributed by atoms with Gasteiger partial charge in [-0.05, 0) is 105 Å². The Morgan fingerprint density at radius 3 is 2.24 bits per heavy atom. The molecule has 0 aliphatic carbocycles. The van der Waals surface area contributed by atoms with Gasteiger partial charge in [0.1, 0.15) is 19.0 Å². The summed E-state index contributed by atoms with van der Waals surface area (Å²) in [6.07, 6.45) is 7.43. The van der Waals surface area contributed by atoms with Crippen molar-refractivity contribution >= 4 is 62.3 Å². The molecule has 1 N–H and O–H groups in total. The summed E-state index contributed by atoms with van der Waals surface area (Å²) >= 11 is 0. The molecule has 1 atom stereocenters. The molecule has 0 radical (unpaired) electrons. The standard InChI is InChI=1S/C33H38N4O6.C17H14O4S.ClH/c1-3-22-23-16-21(43-32(40)36-14-10-20(11-15-36)35-12-6-5-7-13-35)8-9-27(23)34-29-24(22)18-37-28(29)17-26-25(30(37)38)19-42-31(39)33(26,41)4-2;1-22(19,20)14-9-7-12(8-10-14)15-11-21-17(18)16(15)13-5-3-2-4-6-13;/h8-9,16-17,20,41H,3-7,10-15,18-19H2,1-2H3;2-10H,11H2,1H3;1H/t33-;;/m0../s1. The van der Waals surface area contributed by atoms with Crippen LogP contribution in [0, 0.1) is 0 Å². The molecule has 0 unspecified atom stereocenters. The zero-order chi connectivity index (χ0) is 45.6. The summed E-state index contributed by atoms with van der Waals surface area (Å²) in [6, 6.07) is 23.6. The first-order valence-electron chi connectivity index (χ1n) is 22.4. The Labute approximate surface area is 389 Å². The average Bonchev–Trinajstić information content (AvgIpc) is 3.90. The maximum absolute atomic E-state index is 13.6.